The standard InChI is InChI=1S/C23H26ClN5O/c24-19-15-25-23(27-21(19)29-14-11-16-5-1-2-6-20(16)29)26-18-9-7-17(8-10-18)22(30)28-12-3-4-13-28/h1-2,5-6,11,14-15,17-18H,3-4,7-10,12-13H2,(H,25,26,27)/t17-,18-. The maximum absolute atomic E-state index is 12.6. The first kappa shape index (κ1) is 19.4. The van der Waals surface area contributed by atoms with Crippen molar-refractivity contribution in [1.82, 2.24) is 19.4 Å². The summed E-state index contributed by atoms with van der Waals surface area (Å²) in [7, 11) is 0. The molecule has 0 unspecified atom stereocenters. The van der Waals surface area contributed by atoms with Gasteiger partial charge in [-0.25, -0.2) is 4.98 Å². The zero-order chi connectivity index (χ0) is 20.5. The summed E-state index contributed by atoms with van der Waals surface area (Å²) in [6.07, 6.45) is 9.70. The van der Waals surface area contributed by atoms with Crippen LogP contribution in [0.3, 0.4) is 0 Å². The first-order valence-corrected chi connectivity index (χ1v) is 11.2. The molecule has 0 bridgehead atoms. The second kappa shape index (κ2) is 8.26. The van der Waals surface area contributed by atoms with Gasteiger partial charge in [0.15, 0.2) is 5.82 Å². The SMILES string of the molecule is O=C([C@H]1CC[C@H](Nc2ncc(Cl)c(-n3ccc4ccccc43)n2)CC1)N1CCCC1. The molecule has 6 nitrogen and oxygen atoms in total. The Balaban J connectivity index is 1.27. The highest BCUT2D eigenvalue weighted by Gasteiger charge is 2.30. The van der Waals surface area contributed by atoms with Crippen molar-refractivity contribution in [3.63, 3.8) is 0 Å². The van der Waals surface area contributed by atoms with Gasteiger partial charge in [0, 0.05) is 31.2 Å². The number of carbonyl (C=O) groups is 1. The number of benzene rings is 1. The molecule has 2 fully saturated rings. The van der Waals surface area contributed by atoms with Crippen LogP contribution in [-0.4, -0.2) is 44.5 Å². The molecule has 1 aliphatic heterocycles. The predicted molar refractivity (Wildman–Crippen MR) is 119 cm³/mol. The van der Waals surface area contributed by atoms with Gasteiger partial charge in [-0.15, -0.1) is 0 Å². The summed E-state index contributed by atoms with van der Waals surface area (Å²) < 4.78 is 2.00. The molecule has 30 heavy (non-hydrogen) atoms. The van der Waals surface area contributed by atoms with Crippen LogP contribution in [0.15, 0.2) is 42.7 Å². The molecule has 1 saturated carbocycles. The number of hydrogen-bond acceptors (Lipinski definition) is 4. The third-order valence-corrected chi connectivity index (χ3v) is 6.65. The van der Waals surface area contributed by atoms with Gasteiger partial charge in [-0.05, 0) is 56.0 Å². The Morgan fingerprint density at radius 1 is 1.07 bits per heavy atom. The van der Waals surface area contributed by atoms with Crippen molar-refractivity contribution >= 4 is 34.4 Å². The molecular formula is C23H26ClN5O. The zero-order valence-corrected chi connectivity index (χ0v) is 17.7. The predicted octanol–water partition coefficient (Wildman–Crippen LogP) is 4.67. The number of amides is 1. The lowest BCUT2D eigenvalue weighted by molar-refractivity contribution is -0.135. The summed E-state index contributed by atoms with van der Waals surface area (Å²) >= 11 is 6.43. The van der Waals surface area contributed by atoms with Gasteiger partial charge in [0.1, 0.15) is 5.02 Å². The Kier molecular flexibility index (Phi) is 5.34. The molecule has 156 valence electrons. The molecule has 2 aromatic heterocycles. The van der Waals surface area contributed by atoms with E-state index in [0.29, 0.717) is 22.7 Å². The molecule has 0 atom stereocenters. The van der Waals surface area contributed by atoms with Crippen molar-refractivity contribution in [2.75, 3.05) is 18.4 Å². The number of aromatic nitrogens is 3. The maximum Gasteiger partial charge on any atom is 0.225 e. The van der Waals surface area contributed by atoms with Gasteiger partial charge in [0.05, 0.1) is 11.7 Å². The molecule has 3 heterocycles. The van der Waals surface area contributed by atoms with Crippen LogP contribution in [-0.2, 0) is 4.79 Å². The fourth-order valence-electron chi connectivity index (χ4n) is 4.73. The lowest BCUT2D eigenvalue weighted by Gasteiger charge is -2.30. The molecule has 2 aliphatic rings. The van der Waals surface area contributed by atoms with Crippen molar-refractivity contribution in [2.24, 2.45) is 5.92 Å². The van der Waals surface area contributed by atoms with Gasteiger partial charge >= 0.3 is 0 Å². The van der Waals surface area contributed by atoms with Crippen LogP contribution in [0.1, 0.15) is 38.5 Å². The van der Waals surface area contributed by atoms with Crippen LogP contribution in [0, 0.1) is 5.92 Å². The minimum absolute atomic E-state index is 0.175. The fourth-order valence-corrected chi connectivity index (χ4v) is 4.91. The number of carbonyl (C=O) groups excluding carboxylic acids is 1. The molecular weight excluding hydrogens is 398 g/mol. The molecule has 1 aromatic carbocycles. The average molecular weight is 424 g/mol. The number of hydrogen-bond donors (Lipinski definition) is 1. The Hall–Kier alpha value is -2.60. The highest BCUT2D eigenvalue weighted by molar-refractivity contribution is 6.32. The smallest absolute Gasteiger partial charge is 0.225 e. The monoisotopic (exact) mass is 423 g/mol. The molecule has 7 heteroatoms. The van der Waals surface area contributed by atoms with E-state index in [1.807, 2.05) is 22.9 Å². The normalized spacial score (nSPS) is 21.8. The van der Waals surface area contributed by atoms with Crippen LogP contribution < -0.4 is 5.32 Å². The number of nitrogens with one attached hydrogen (secondary N) is 1. The maximum atomic E-state index is 12.6. The first-order chi connectivity index (χ1) is 14.7. The Morgan fingerprint density at radius 2 is 1.83 bits per heavy atom. The minimum Gasteiger partial charge on any atom is -0.351 e. The van der Waals surface area contributed by atoms with Crippen LogP contribution in [0.5, 0.6) is 0 Å². The van der Waals surface area contributed by atoms with E-state index in [1.54, 1.807) is 6.20 Å². The number of para-hydroxylation sites is 1. The summed E-state index contributed by atoms with van der Waals surface area (Å²) in [5, 5.41) is 5.13. The quantitative estimate of drug-likeness (QED) is 0.662. The van der Waals surface area contributed by atoms with Crippen molar-refractivity contribution in [2.45, 2.75) is 44.6 Å². The van der Waals surface area contributed by atoms with Gasteiger partial charge in [0.25, 0.3) is 0 Å². The van der Waals surface area contributed by atoms with E-state index >= 15 is 0 Å². The molecule has 3 aromatic rings. The Morgan fingerprint density at radius 3 is 2.63 bits per heavy atom. The second-order valence-corrected chi connectivity index (χ2v) is 8.74. The van der Waals surface area contributed by atoms with Gasteiger partial charge < -0.3 is 10.2 Å². The molecule has 1 aliphatic carbocycles. The summed E-state index contributed by atoms with van der Waals surface area (Å²) in [6, 6.07) is 10.5. The van der Waals surface area contributed by atoms with E-state index in [0.717, 1.165) is 62.5 Å². The number of likely N-dealkylation sites (tertiary alicyclic amines) is 1. The van der Waals surface area contributed by atoms with Crippen LogP contribution in [0.2, 0.25) is 5.02 Å². The van der Waals surface area contributed by atoms with Crippen LogP contribution in [0.4, 0.5) is 5.95 Å². The lowest BCUT2D eigenvalue weighted by Crippen LogP contribution is -2.37. The van der Waals surface area contributed by atoms with Crippen LogP contribution in [0.25, 0.3) is 16.7 Å². The van der Waals surface area contributed by atoms with Gasteiger partial charge in [0.2, 0.25) is 11.9 Å². The van der Waals surface area contributed by atoms with Gasteiger partial charge in [-0.2, -0.15) is 4.98 Å². The topological polar surface area (TPSA) is 63.1 Å². The lowest BCUT2D eigenvalue weighted by atomic mass is 9.85. The third kappa shape index (κ3) is 3.76. The summed E-state index contributed by atoms with van der Waals surface area (Å²) in [4.78, 5) is 23.8. The number of halogens is 1. The number of rotatable bonds is 4. The van der Waals surface area contributed by atoms with E-state index < -0.39 is 0 Å². The van der Waals surface area contributed by atoms with E-state index in [-0.39, 0.29) is 12.0 Å². The minimum atomic E-state index is 0.175. The highest BCUT2D eigenvalue weighted by Crippen LogP contribution is 2.30. The third-order valence-electron chi connectivity index (χ3n) is 6.38. The first-order valence-electron chi connectivity index (χ1n) is 10.8. The highest BCUT2D eigenvalue weighted by atomic mass is 35.5. The molecule has 1 N–H and O–H groups in total. The average Bonchev–Trinajstić information content (AvgIpc) is 3.45. The molecule has 1 amide bonds. The van der Waals surface area contributed by atoms with Gasteiger partial charge in [-0.3, -0.25) is 9.36 Å². The zero-order valence-electron chi connectivity index (χ0n) is 16.9. The van der Waals surface area contributed by atoms with E-state index in [2.05, 4.69) is 33.4 Å². The molecule has 0 radical (unpaired) electrons. The van der Waals surface area contributed by atoms with Crippen molar-refractivity contribution in [3.8, 4) is 5.82 Å². The number of nitrogens with zero attached hydrogens (tertiary/aromatic N) is 4. The summed E-state index contributed by atoms with van der Waals surface area (Å²) in [5.41, 5.74) is 1.06. The van der Waals surface area contributed by atoms with Gasteiger partial charge in [-0.1, -0.05) is 29.8 Å². The van der Waals surface area contributed by atoms with Crippen molar-refractivity contribution in [1.29, 1.82) is 0 Å². The number of fused-ring (bicyclic) bond motifs is 1. The second-order valence-electron chi connectivity index (χ2n) is 8.33. The van der Waals surface area contributed by atoms with E-state index in [9.17, 15) is 4.79 Å². The van der Waals surface area contributed by atoms with Crippen molar-refractivity contribution in [3.05, 3.63) is 47.7 Å². The van der Waals surface area contributed by atoms with E-state index in [1.165, 1.54) is 0 Å². The Labute approximate surface area is 181 Å². The summed E-state index contributed by atoms with van der Waals surface area (Å²) in [5.74, 6) is 1.79. The molecule has 5 rings (SSSR count). The Bertz CT molecular complexity index is 1050. The molecule has 0 spiro atoms. The molecule has 1 saturated heterocycles. The summed E-state index contributed by atoms with van der Waals surface area (Å²) in [6.45, 7) is 1.87. The fraction of sp³-hybridized carbons (Fsp3) is 0.435. The largest absolute Gasteiger partial charge is 0.351 e. The van der Waals surface area contributed by atoms with Crippen LogP contribution >= 0.6 is 11.6 Å². The van der Waals surface area contributed by atoms with E-state index in [4.69, 9.17) is 16.6 Å². The van der Waals surface area contributed by atoms with Crippen molar-refractivity contribution < 1.29 is 4.79 Å². The number of anilines is 1.